The van der Waals surface area contributed by atoms with E-state index in [4.69, 9.17) is 0 Å². The van der Waals surface area contributed by atoms with Crippen molar-refractivity contribution in [2.24, 2.45) is 5.41 Å². The Morgan fingerprint density at radius 2 is 1.89 bits per heavy atom. The van der Waals surface area contributed by atoms with Gasteiger partial charge in [0.25, 0.3) is 0 Å². The molecule has 0 saturated carbocycles. The van der Waals surface area contributed by atoms with Crippen LogP contribution in [0.1, 0.15) is 17.0 Å². The average molecular weight is 359 g/mol. The fourth-order valence-electron chi connectivity index (χ4n) is 4.29. The fraction of sp³-hybridized carbons (Fsp3) is 0.190. The Kier molecular flexibility index (Phi) is 3.71. The second-order valence-electron chi connectivity index (χ2n) is 6.68. The summed E-state index contributed by atoms with van der Waals surface area (Å²) in [5.74, 6) is -2.71. The fourth-order valence-corrected chi connectivity index (χ4v) is 4.29. The third kappa shape index (κ3) is 2.24. The van der Waals surface area contributed by atoms with Crippen molar-refractivity contribution < 1.29 is 14.3 Å². The van der Waals surface area contributed by atoms with E-state index in [9.17, 15) is 24.8 Å². The Bertz CT molecular complexity index is 1040. The predicted molar refractivity (Wildman–Crippen MR) is 96.0 cm³/mol. The topological polar surface area (TPSA) is 88.1 Å². The molecule has 2 aromatic carbocycles. The summed E-state index contributed by atoms with van der Waals surface area (Å²) in [6, 6.07) is 14.9. The average Bonchev–Trinajstić information content (AvgIpc) is 2.99. The van der Waals surface area contributed by atoms with Gasteiger partial charge in [-0.15, -0.1) is 0 Å². The number of benzene rings is 2. The Labute approximate surface area is 155 Å². The minimum atomic E-state index is -1.67. The smallest absolute Gasteiger partial charge is 0.327 e. The molecular weight excluding hydrogens is 345 g/mol. The predicted octanol–water partition coefficient (Wildman–Crippen LogP) is 3.31. The van der Waals surface area contributed by atoms with Gasteiger partial charge in [0.1, 0.15) is 11.9 Å². The van der Waals surface area contributed by atoms with Crippen LogP contribution in [0.3, 0.4) is 0 Å². The van der Waals surface area contributed by atoms with E-state index in [2.05, 4.69) is 12.1 Å². The van der Waals surface area contributed by atoms with Gasteiger partial charge in [-0.25, -0.2) is 9.18 Å². The number of hydrogen-bond donors (Lipinski definition) is 1. The summed E-state index contributed by atoms with van der Waals surface area (Å²) in [5, 5.41) is 30.0. The molecule has 132 valence electrons. The van der Waals surface area contributed by atoms with Gasteiger partial charge in [-0.05, 0) is 29.3 Å². The van der Waals surface area contributed by atoms with Crippen LogP contribution in [-0.4, -0.2) is 23.2 Å². The number of anilines is 1. The molecular formula is C21H14FN3O2. The van der Waals surface area contributed by atoms with Crippen molar-refractivity contribution >= 4 is 17.7 Å². The van der Waals surface area contributed by atoms with Crippen LogP contribution in [0.5, 0.6) is 0 Å². The summed E-state index contributed by atoms with van der Waals surface area (Å²) in [6.07, 6.45) is 3.50. The molecule has 1 fully saturated rings. The molecule has 1 N–H and O–H groups in total. The van der Waals surface area contributed by atoms with Crippen molar-refractivity contribution in [3.8, 4) is 12.1 Å². The van der Waals surface area contributed by atoms with E-state index in [-0.39, 0.29) is 0 Å². The summed E-state index contributed by atoms with van der Waals surface area (Å²) in [4.78, 5) is 13.9. The first-order valence-electron chi connectivity index (χ1n) is 8.40. The molecule has 0 spiro atoms. The van der Waals surface area contributed by atoms with Gasteiger partial charge in [-0.3, -0.25) is 0 Å². The first-order valence-corrected chi connectivity index (χ1v) is 8.40. The highest BCUT2D eigenvalue weighted by Crippen LogP contribution is 2.54. The number of nitrogens with zero attached hydrogens (tertiary/aromatic N) is 3. The molecule has 1 saturated heterocycles. The molecule has 2 aliphatic rings. The zero-order chi connectivity index (χ0) is 19.2. The Morgan fingerprint density at radius 1 is 1.15 bits per heavy atom. The van der Waals surface area contributed by atoms with Crippen LogP contribution in [0.2, 0.25) is 0 Å². The summed E-state index contributed by atoms with van der Waals surface area (Å²) in [6.45, 7) is 0. The molecule has 0 aromatic heterocycles. The number of hydrogen-bond acceptors (Lipinski definition) is 4. The van der Waals surface area contributed by atoms with Crippen LogP contribution in [-0.2, 0) is 4.79 Å². The lowest BCUT2D eigenvalue weighted by atomic mass is 9.70. The van der Waals surface area contributed by atoms with Crippen LogP contribution in [0.15, 0.2) is 54.6 Å². The highest BCUT2D eigenvalue weighted by atomic mass is 19.1. The number of halogens is 1. The molecule has 4 rings (SSSR count). The van der Waals surface area contributed by atoms with Crippen molar-refractivity contribution in [3.63, 3.8) is 0 Å². The molecule has 2 aromatic rings. The molecule has 2 aliphatic heterocycles. The second kappa shape index (κ2) is 5.96. The lowest BCUT2D eigenvalue weighted by Gasteiger charge is -2.34. The first-order chi connectivity index (χ1) is 13.0. The van der Waals surface area contributed by atoms with Gasteiger partial charge in [0.05, 0.1) is 18.2 Å². The maximum absolute atomic E-state index is 13.9. The third-order valence-corrected chi connectivity index (χ3v) is 5.38. The molecule has 27 heavy (non-hydrogen) atoms. The summed E-state index contributed by atoms with van der Waals surface area (Å²) < 4.78 is 13.9. The van der Waals surface area contributed by atoms with Crippen molar-refractivity contribution in [1.82, 2.24) is 0 Å². The number of carboxylic acids is 1. The molecule has 3 atom stereocenters. The largest absolute Gasteiger partial charge is 0.480 e. The van der Waals surface area contributed by atoms with E-state index in [1.807, 2.05) is 12.1 Å². The lowest BCUT2D eigenvalue weighted by Crippen LogP contribution is -2.44. The Hall–Kier alpha value is -3.64. The van der Waals surface area contributed by atoms with Gasteiger partial charge in [-0.1, -0.05) is 42.5 Å². The van der Waals surface area contributed by atoms with Crippen LogP contribution in [0.25, 0.3) is 6.08 Å². The molecule has 0 unspecified atom stereocenters. The molecule has 0 bridgehead atoms. The maximum Gasteiger partial charge on any atom is 0.327 e. The van der Waals surface area contributed by atoms with Crippen LogP contribution in [0, 0.1) is 33.9 Å². The van der Waals surface area contributed by atoms with Crippen LogP contribution < -0.4 is 4.90 Å². The van der Waals surface area contributed by atoms with E-state index in [1.54, 1.807) is 35.3 Å². The Morgan fingerprint density at radius 3 is 2.56 bits per heavy atom. The van der Waals surface area contributed by atoms with Gasteiger partial charge in [-0.2, -0.15) is 10.5 Å². The van der Waals surface area contributed by atoms with Gasteiger partial charge >= 0.3 is 5.97 Å². The summed E-state index contributed by atoms with van der Waals surface area (Å²) >= 11 is 0. The normalized spacial score (nSPS) is 24.4. The molecule has 0 amide bonds. The monoisotopic (exact) mass is 359 g/mol. The van der Waals surface area contributed by atoms with Crippen molar-refractivity contribution in [2.75, 3.05) is 4.90 Å². The second-order valence-corrected chi connectivity index (χ2v) is 6.68. The highest BCUT2D eigenvalue weighted by molar-refractivity contribution is 5.87. The van der Waals surface area contributed by atoms with E-state index >= 15 is 0 Å². The van der Waals surface area contributed by atoms with Crippen LogP contribution >= 0.6 is 0 Å². The SMILES string of the molecule is N#CC1(C#N)[C@@H](c2cccc(F)c2)[C@@H](C(=O)O)N2c3ccccc3C=C[C@@H]21. The first kappa shape index (κ1) is 16.8. The number of para-hydroxylation sites is 1. The maximum atomic E-state index is 13.9. The number of carbonyl (C=O) groups is 1. The van der Waals surface area contributed by atoms with E-state index in [0.29, 0.717) is 11.3 Å². The Balaban J connectivity index is 2.01. The summed E-state index contributed by atoms with van der Waals surface area (Å²) in [7, 11) is 0. The molecule has 0 aliphatic carbocycles. The number of aliphatic carboxylic acids is 1. The van der Waals surface area contributed by atoms with E-state index in [1.165, 1.54) is 18.2 Å². The number of rotatable bonds is 2. The highest BCUT2D eigenvalue weighted by Gasteiger charge is 2.63. The quantitative estimate of drug-likeness (QED) is 0.889. The van der Waals surface area contributed by atoms with Crippen molar-refractivity contribution in [2.45, 2.75) is 18.0 Å². The zero-order valence-corrected chi connectivity index (χ0v) is 14.1. The van der Waals surface area contributed by atoms with Crippen molar-refractivity contribution in [3.05, 3.63) is 71.6 Å². The van der Waals surface area contributed by atoms with Crippen LogP contribution in [0.4, 0.5) is 10.1 Å². The summed E-state index contributed by atoms with van der Waals surface area (Å²) in [5.41, 5.74) is 0.113. The van der Waals surface area contributed by atoms with Gasteiger partial charge < -0.3 is 10.0 Å². The van der Waals surface area contributed by atoms with Gasteiger partial charge in [0, 0.05) is 11.6 Å². The minimum absolute atomic E-state index is 0.325. The zero-order valence-electron chi connectivity index (χ0n) is 14.1. The minimum Gasteiger partial charge on any atom is -0.480 e. The number of nitriles is 2. The third-order valence-electron chi connectivity index (χ3n) is 5.38. The molecule has 5 nitrogen and oxygen atoms in total. The van der Waals surface area contributed by atoms with Crippen molar-refractivity contribution in [1.29, 1.82) is 10.5 Å². The molecule has 0 radical (unpaired) electrons. The van der Waals surface area contributed by atoms with E-state index in [0.717, 1.165) is 5.56 Å². The number of carboxylic acid groups (broad SMARTS) is 1. The lowest BCUT2D eigenvalue weighted by molar-refractivity contribution is -0.138. The standard InChI is InChI=1S/C21H14FN3O2/c22-15-6-3-5-14(10-15)18-19(20(26)27)25-16-7-2-1-4-13(16)8-9-17(25)21(18,11-23)12-24/h1-10,17-19H,(H,26,27)/t17-,18+,19+/m1/s1. The molecule has 6 heteroatoms. The van der Waals surface area contributed by atoms with Gasteiger partial charge in [0.15, 0.2) is 5.41 Å². The number of fused-ring (bicyclic) bond motifs is 3. The van der Waals surface area contributed by atoms with Gasteiger partial charge in [0.2, 0.25) is 0 Å². The molecule has 2 heterocycles. The van der Waals surface area contributed by atoms with E-state index < -0.39 is 35.2 Å².